The smallest absolute Gasteiger partial charge is 0.226 e. The number of aliphatic imine (C=N–C) groups is 1. The molecule has 3 aromatic rings. The normalized spacial score (nSPS) is 11.6. The molecule has 0 aliphatic rings. The maximum atomic E-state index is 13.0. The number of nitrogens with one attached hydrogen (secondary N) is 1. The van der Waals surface area contributed by atoms with Crippen LogP contribution in [0.5, 0.6) is 0 Å². The van der Waals surface area contributed by atoms with Crippen molar-refractivity contribution in [3.05, 3.63) is 66.1 Å². The first-order chi connectivity index (χ1) is 13.6. The van der Waals surface area contributed by atoms with Crippen molar-refractivity contribution in [2.45, 2.75) is 19.9 Å². The lowest BCUT2D eigenvalue weighted by atomic mass is 10.2. The molecule has 0 unspecified atom stereocenters. The summed E-state index contributed by atoms with van der Waals surface area (Å²) >= 11 is 0. The van der Waals surface area contributed by atoms with Gasteiger partial charge in [-0.15, -0.1) is 0 Å². The summed E-state index contributed by atoms with van der Waals surface area (Å²) in [6.07, 6.45) is 4.34. The van der Waals surface area contributed by atoms with Gasteiger partial charge in [-0.2, -0.15) is 0 Å². The summed E-state index contributed by atoms with van der Waals surface area (Å²) in [6.45, 7) is 4.22. The Hall–Kier alpha value is -3.09. The second kappa shape index (κ2) is 9.21. The van der Waals surface area contributed by atoms with Gasteiger partial charge in [-0.05, 0) is 43.3 Å². The van der Waals surface area contributed by atoms with Gasteiger partial charge in [0.05, 0.1) is 12.2 Å². The number of rotatable bonds is 7. The van der Waals surface area contributed by atoms with Crippen LogP contribution in [0.15, 0.2) is 58.3 Å². The summed E-state index contributed by atoms with van der Waals surface area (Å²) in [5, 5.41) is 3.32. The highest BCUT2D eigenvalue weighted by Gasteiger charge is 2.10. The molecule has 0 atom stereocenters. The van der Waals surface area contributed by atoms with E-state index in [9.17, 15) is 4.39 Å². The molecule has 1 aromatic carbocycles. The van der Waals surface area contributed by atoms with Crippen LogP contribution in [0.1, 0.15) is 18.3 Å². The number of nitrogens with zero attached hydrogens (tertiary/aromatic N) is 4. The molecule has 0 saturated heterocycles. The topological polar surface area (TPSA) is 58.6 Å². The molecule has 0 bridgehead atoms. The highest BCUT2D eigenvalue weighted by Crippen LogP contribution is 2.19. The quantitative estimate of drug-likeness (QED) is 0.501. The minimum absolute atomic E-state index is 0.278. The van der Waals surface area contributed by atoms with Crippen molar-refractivity contribution < 1.29 is 8.81 Å². The summed E-state index contributed by atoms with van der Waals surface area (Å²) in [6, 6.07) is 10.3. The fraction of sp³-hybridized carbons (Fsp3) is 0.333. The molecule has 2 aromatic heterocycles. The lowest BCUT2D eigenvalue weighted by Crippen LogP contribution is -2.39. The third-order valence-electron chi connectivity index (χ3n) is 4.42. The summed E-state index contributed by atoms with van der Waals surface area (Å²) < 4.78 is 20.7. The highest BCUT2D eigenvalue weighted by molar-refractivity contribution is 5.79. The van der Waals surface area contributed by atoms with Crippen molar-refractivity contribution in [2.24, 2.45) is 12.0 Å². The van der Waals surface area contributed by atoms with E-state index < -0.39 is 0 Å². The maximum absolute atomic E-state index is 13.0. The van der Waals surface area contributed by atoms with E-state index in [1.807, 2.05) is 26.4 Å². The third-order valence-corrected chi connectivity index (χ3v) is 4.42. The number of hydrogen-bond donors (Lipinski definition) is 1. The second-order valence-corrected chi connectivity index (χ2v) is 6.60. The lowest BCUT2D eigenvalue weighted by Gasteiger charge is -2.22. The molecular formula is C21H26FN5O. The molecule has 0 spiro atoms. The predicted molar refractivity (Wildman–Crippen MR) is 108 cm³/mol. The minimum Gasteiger partial charge on any atom is -0.444 e. The van der Waals surface area contributed by atoms with Crippen molar-refractivity contribution in [1.82, 2.24) is 19.8 Å². The van der Waals surface area contributed by atoms with Crippen LogP contribution in [0.4, 0.5) is 4.39 Å². The zero-order valence-electron chi connectivity index (χ0n) is 16.5. The largest absolute Gasteiger partial charge is 0.444 e. The van der Waals surface area contributed by atoms with Crippen LogP contribution in [0.25, 0.3) is 11.5 Å². The van der Waals surface area contributed by atoms with Crippen molar-refractivity contribution in [3.63, 3.8) is 0 Å². The van der Waals surface area contributed by atoms with Gasteiger partial charge in [0.15, 0.2) is 5.96 Å². The number of benzene rings is 1. The Labute approximate surface area is 164 Å². The van der Waals surface area contributed by atoms with Crippen LogP contribution < -0.4 is 5.32 Å². The molecule has 28 heavy (non-hydrogen) atoms. The Morgan fingerprint density at radius 1 is 1.29 bits per heavy atom. The van der Waals surface area contributed by atoms with E-state index in [2.05, 4.69) is 32.8 Å². The fourth-order valence-corrected chi connectivity index (χ4v) is 2.87. The average Bonchev–Trinajstić information content (AvgIpc) is 3.31. The van der Waals surface area contributed by atoms with Crippen LogP contribution in [0.3, 0.4) is 0 Å². The molecule has 0 fully saturated rings. The van der Waals surface area contributed by atoms with Crippen LogP contribution in [-0.2, 0) is 20.0 Å². The standard InChI is InChI=1S/C21H26FN5O/c1-4-23-21(27(3)14-19-6-5-13-26(19)2)24-12-11-18-15-28-20(25-18)16-7-9-17(22)10-8-16/h5-10,13,15H,4,11-12,14H2,1-3H3,(H,23,24). The molecule has 148 valence electrons. The van der Waals surface area contributed by atoms with Gasteiger partial charge in [0, 0.05) is 51.1 Å². The molecule has 1 N–H and O–H groups in total. The summed E-state index contributed by atoms with van der Waals surface area (Å²) in [5.41, 5.74) is 2.80. The van der Waals surface area contributed by atoms with Crippen LogP contribution in [0, 0.1) is 5.82 Å². The first kappa shape index (κ1) is 19.7. The van der Waals surface area contributed by atoms with E-state index in [0.29, 0.717) is 18.9 Å². The van der Waals surface area contributed by atoms with Crippen molar-refractivity contribution >= 4 is 5.96 Å². The zero-order chi connectivity index (χ0) is 19.9. The molecule has 0 amide bonds. The van der Waals surface area contributed by atoms with E-state index >= 15 is 0 Å². The minimum atomic E-state index is -0.278. The maximum Gasteiger partial charge on any atom is 0.226 e. The van der Waals surface area contributed by atoms with Gasteiger partial charge in [-0.25, -0.2) is 9.37 Å². The molecule has 0 radical (unpaired) electrons. The Morgan fingerprint density at radius 3 is 2.75 bits per heavy atom. The molecule has 0 aliphatic heterocycles. The van der Waals surface area contributed by atoms with E-state index in [1.165, 1.54) is 17.8 Å². The molecule has 2 heterocycles. The summed E-state index contributed by atoms with van der Waals surface area (Å²) in [7, 11) is 4.06. The van der Waals surface area contributed by atoms with Crippen LogP contribution >= 0.6 is 0 Å². The van der Waals surface area contributed by atoms with E-state index in [0.717, 1.165) is 30.3 Å². The van der Waals surface area contributed by atoms with Crippen molar-refractivity contribution in [1.29, 1.82) is 0 Å². The number of hydrogen-bond acceptors (Lipinski definition) is 3. The number of aromatic nitrogens is 2. The summed E-state index contributed by atoms with van der Waals surface area (Å²) in [5.74, 6) is 1.07. The van der Waals surface area contributed by atoms with Gasteiger partial charge in [-0.3, -0.25) is 4.99 Å². The zero-order valence-corrected chi connectivity index (χ0v) is 16.5. The molecular weight excluding hydrogens is 357 g/mol. The van der Waals surface area contributed by atoms with E-state index in [-0.39, 0.29) is 5.82 Å². The molecule has 7 heteroatoms. The predicted octanol–water partition coefficient (Wildman–Crippen LogP) is 3.46. The summed E-state index contributed by atoms with van der Waals surface area (Å²) in [4.78, 5) is 11.3. The SMILES string of the molecule is CCNC(=NCCc1coc(-c2ccc(F)cc2)n1)N(C)Cc1cccn1C. The van der Waals surface area contributed by atoms with Gasteiger partial charge in [0.25, 0.3) is 0 Å². The average molecular weight is 383 g/mol. The highest BCUT2D eigenvalue weighted by atomic mass is 19.1. The number of guanidine groups is 1. The number of aryl methyl sites for hydroxylation is 1. The molecule has 6 nitrogen and oxygen atoms in total. The molecule has 3 rings (SSSR count). The Kier molecular flexibility index (Phi) is 6.47. The molecule has 0 saturated carbocycles. The van der Waals surface area contributed by atoms with E-state index in [1.54, 1.807) is 18.4 Å². The first-order valence-electron chi connectivity index (χ1n) is 9.37. The number of halogens is 1. The Morgan fingerprint density at radius 2 is 2.07 bits per heavy atom. The van der Waals surface area contributed by atoms with Gasteiger partial charge in [0.2, 0.25) is 5.89 Å². The Balaban J connectivity index is 1.60. The van der Waals surface area contributed by atoms with Gasteiger partial charge in [-0.1, -0.05) is 0 Å². The van der Waals surface area contributed by atoms with Crippen LogP contribution in [-0.4, -0.2) is 40.5 Å². The first-order valence-corrected chi connectivity index (χ1v) is 9.37. The second-order valence-electron chi connectivity index (χ2n) is 6.60. The Bertz CT molecular complexity index is 913. The third kappa shape index (κ3) is 5.00. The monoisotopic (exact) mass is 383 g/mol. The lowest BCUT2D eigenvalue weighted by molar-refractivity contribution is 0.462. The van der Waals surface area contributed by atoms with Crippen molar-refractivity contribution in [2.75, 3.05) is 20.1 Å². The van der Waals surface area contributed by atoms with Gasteiger partial charge in [0.1, 0.15) is 12.1 Å². The molecule has 0 aliphatic carbocycles. The fourth-order valence-electron chi connectivity index (χ4n) is 2.87. The van der Waals surface area contributed by atoms with Gasteiger partial charge >= 0.3 is 0 Å². The van der Waals surface area contributed by atoms with Gasteiger partial charge < -0.3 is 19.2 Å². The number of oxazole rings is 1. The van der Waals surface area contributed by atoms with Crippen molar-refractivity contribution in [3.8, 4) is 11.5 Å². The van der Waals surface area contributed by atoms with E-state index in [4.69, 9.17) is 9.41 Å². The van der Waals surface area contributed by atoms with Crippen LogP contribution in [0.2, 0.25) is 0 Å².